The molecular formula is C26H23ClN4O4. The summed E-state index contributed by atoms with van der Waals surface area (Å²) in [5, 5.41) is 13.7. The van der Waals surface area contributed by atoms with Crippen molar-refractivity contribution in [3.63, 3.8) is 0 Å². The lowest BCUT2D eigenvalue weighted by molar-refractivity contribution is -0.142. The van der Waals surface area contributed by atoms with Crippen molar-refractivity contribution < 1.29 is 19.4 Å². The Hall–Kier alpha value is -3.91. The third-order valence-electron chi connectivity index (χ3n) is 6.31. The minimum atomic E-state index is -0.734. The Morgan fingerprint density at radius 3 is 2.60 bits per heavy atom. The van der Waals surface area contributed by atoms with E-state index in [1.165, 1.54) is 0 Å². The van der Waals surface area contributed by atoms with E-state index in [1.54, 1.807) is 55.1 Å². The van der Waals surface area contributed by atoms with E-state index in [1.807, 2.05) is 6.07 Å². The first kappa shape index (κ1) is 22.9. The monoisotopic (exact) mass is 490 g/mol. The number of fused-ring (bicyclic) bond motifs is 1. The van der Waals surface area contributed by atoms with Crippen molar-refractivity contribution in [2.75, 3.05) is 5.32 Å². The van der Waals surface area contributed by atoms with Crippen LogP contribution in [0, 0.1) is 5.92 Å². The molecule has 9 heteroatoms. The molecule has 0 radical (unpaired) electrons. The minimum Gasteiger partial charge on any atom is -0.481 e. The van der Waals surface area contributed by atoms with Crippen LogP contribution < -0.4 is 10.1 Å². The quantitative estimate of drug-likeness (QED) is 0.285. The molecule has 0 saturated heterocycles. The third-order valence-corrected chi connectivity index (χ3v) is 6.62. The van der Waals surface area contributed by atoms with Gasteiger partial charge in [0.1, 0.15) is 17.1 Å². The van der Waals surface area contributed by atoms with Gasteiger partial charge in [-0.3, -0.25) is 14.6 Å². The minimum absolute atomic E-state index is 0.126. The van der Waals surface area contributed by atoms with Crippen LogP contribution in [0.4, 0.5) is 5.69 Å². The summed E-state index contributed by atoms with van der Waals surface area (Å²) in [6.45, 7) is 0. The van der Waals surface area contributed by atoms with Crippen molar-refractivity contribution in [3.8, 4) is 11.5 Å². The van der Waals surface area contributed by atoms with Crippen LogP contribution in [-0.2, 0) is 4.79 Å². The molecule has 0 bridgehead atoms. The van der Waals surface area contributed by atoms with E-state index in [-0.39, 0.29) is 22.8 Å². The number of benzene rings is 1. The number of carbonyl (C=O) groups excluding carboxylic acids is 1. The molecule has 3 N–H and O–H groups in total. The summed E-state index contributed by atoms with van der Waals surface area (Å²) in [6, 6.07) is 10.5. The Bertz CT molecular complexity index is 1380. The van der Waals surface area contributed by atoms with Gasteiger partial charge in [-0.2, -0.15) is 0 Å². The molecule has 4 aromatic rings. The molecule has 0 aliphatic heterocycles. The van der Waals surface area contributed by atoms with Gasteiger partial charge in [-0.05, 0) is 56.0 Å². The van der Waals surface area contributed by atoms with E-state index in [0.717, 1.165) is 18.5 Å². The standard InChI is InChI=1S/C26H23ClN4O4/c27-21-12-17(35-18-2-1-10-28-13-18)7-8-19(21)24(32)20-14-30-25-23(20)22(9-11-29-25)31-16-5-3-15(4-6-16)26(33)34/h1-2,7-16H,3-6H2,(H,33,34)(H2,29,30,31). The van der Waals surface area contributed by atoms with Gasteiger partial charge in [0.2, 0.25) is 0 Å². The Morgan fingerprint density at radius 1 is 1.06 bits per heavy atom. The summed E-state index contributed by atoms with van der Waals surface area (Å²) in [4.78, 5) is 36.2. The van der Waals surface area contributed by atoms with Crippen LogP contribution in [0.15, 0.2) is 61.2 Å². The number of H-pyrrole nitrogens is 1. The summed E-state index contributed by atoms with van der Waals surface area (Å²) < 4.78 is 5.76. The molecule has 1 aliphatic carbocycles. The predicted molar refractivity (Wildman–Crippen MR) is 132 cm³/mol. The Balaban J connectivity index is 1.39. The molecule has 0 atom stereocenters. The zero-order valence-electron chi connectivity index (χ0n) is 18.7. The summed E-state index contributed by atoms with van der Waals surface area (Å²) in [6.07, 6.45) is 9.32. The maximum atomic E-state index is 13.5. The van der Waals surface area contributed by atoms with E-state index in [9.17, 15) is 14.7 Å². The van der Waals surface area contributed by atoms with Crippen molar-refractivity contribution in [1.29, 1.82) is 0 Å². The van der Waals surface area contributed by atoms with Gasteiger partial charge in [0.25, 0.3) is 0 Å². The van der Waals surface area contributed by atoms with Crippen molar-refractivity contribution in [1.82, 2.24) is 15.0 Å². The number of ketones is 1. The van der Waals surface area contributed by atoms with E-state index in [2.05, 4.69) is 20.3 Å². The topological polar surface area (TPSA) is 117 Å². The number of ether oxygens (including phenoxy) is 1. The molecule has 5 rings (SSSR count). The highest BCUT2D eigenvalue weighted by Gasteiger charge is 2.27. The van der Waals surface area contributed by atoms with Crippen LogP contribution in [0.3, 0.4) is 0 Å². The fraction of sp³-hybridized carbons (Fsp3) is 0.231. The Morgan fingerprint density at radius 2 is 1.89 bits per heavy atom. The molecule has 35 heavy (non-hydrogen) atoms. The molecule has 1 fully saturated rings. The normalized spacial score (nSPS) is 17.7. The summed E-state index contributed by atoms with van der Waals surface area (Å²) in [5.74, 6) is -0.193. The van der Waals surface area contributed by atoms with Gasteiger partial charge in [-0.15, -0.1) is 0 Å². The number of anilines is 1. The number of pyridine rings is 2. The van der Waals surface area contributed by atoms with E-state index in [4.69, 9.17) is 16.3 Å². The van der Waals surface area contributed by atoms with Crippen LogP contribution in [0.25, 0.3) is 11.0 Å². The number of rotatable bonds is 7. The fourth-order valence-electron chi connectivity index (χ4n) is 4.49. The largest absolute Gasteiger partial charge is 0.481 e. The second-order valence-electron chi connectivity index (χ2n) is 8.58. The first-order valence-electron chi connectivity index (χ1n) is 11.4. The van der Waals surface area contributed by atoms with E-state index < -0.39 is 5.97 Å². The smallest absolute Gasteiger partial charge is 0.306 e. The molecule has 0 amide bonds. The number of nitrogens with one attached hydrogen (secondary N) is 2. The number of hydrogen-bond donors (Lipinski definition) is 3. The van der Waals surface area contributed by atoms with Crippen molar-refractivity contribution in [2.24, 2.45) is 5.92 Å². The van der Waals surface area contributed by atoms with Crippen LogP contribution in [0.1, 0.15) is 41.6 Å². The van der Waals surface area contributed by atoms with Gasteiger partial charge in [0.05, 0.1) is 28.1 Å². The molecule has 178 valence electrons. The maximum absolute atomic E-state index is 13.5. The van der Waals surface area contributed by atoms with Gasteiger partial charge in [0, 0.05) is 41.9 Å². The molecule has 1 aromatic carbocycles. The number of carbonyl (C=O) groups is 2. The molecule has 1 aliphatic rings. The highest BCUT2D eigenvalue weighted by atomic mass is 35.5. The second-order valence-corrected chi connectivity index (χ2v) is 8.98. The molecular weight excluding hydrogens is 468 g/mol. The summed E-state index contributed by atoms with van der Waals surface area (Å²) in [7, 11) is 0. The highest BCUT2D eigenvalue weighted by Crippen LogP contribution is 2.33. The number of halogens is 1. The molecule has 3 aromatic heterocycles. The summed E-state index contributed by atoms with van der Waals surface area (Å²) >= 11 is 6.49. The molecule has 0 spiro atoms. The lowest BCUT2D eigenvalue weighted by Crippen LogP contribution is -2.29. The van der Waals surface area contributed by atoms with Gasteiger partial charge in [0.15, 0.2) is 5.78 Å². The first-order chi connectivity index (χ1) is 17.0. The first-order valence-corrected chi connectivity index (χ1v) is 11.7. The SMILES string of the molecule is O=C(c1ccc(Oc2cccnc2)cc1Cl)c1c[nH]c2nccc(NC3CCC(C(=O)O)CC3)c12. The van der Waals surface area contributed by atoms with Crippen molar-refractivity contribution >= 4 is 40.1 Å². The van der Waals surface area contributed by atoms with Crippen LogP contribution in [0.5, 0.6) is 11.5 Å². The third kappa shape index (κ3) is 4.83. The number of aromatic nitrogens is 3. The molecule has 8 nitrogen and oxygen atoms in total. The molecule has 1 saturated carbocycles. The van der Waals surface area contributed by atoms with Crippen LogP contribution in [-0.4, -0.2) is 37.9 Å². The van der Waals surface area contributed by atoms with Crippen LogP contribution in [0.2, 0.25) is 5.02 Å². The number of nitrogens with zero attached hydrogens (tertiary/aromatic N) is 2. The second kappa shape index (κ2) is 9.76. The highest BCUT2D eigenvalue weighted by molar-refractivity contribution is 6.35. The Labute approximate surface area is 206 Å². The van der Waals surface area contributed by atoms with E-state index >= 15 is 0 Å². The Kier molecular flexibility index (Phi) is 6.37. The van der Waals surface area contributed by atoms with Crippen molar-refractivity contribution in [3.05, 3.63) is 77.3 Å². The average Bonchev–Trinajstić information content (AvgIpc) is 3.30. The zero-order chi connectivity index (χ0) is 24.4. The van der Waals surface area contributed by atoms with Gasteiger partial charge < -0.3 is 20.1 Å². The number of carboxylic acids is 1. The van der Waals surface area contributed by atoms with E-state index in [0.29, 0.717) is 46.5 Å². The average molecular weight is 491 g/mol. The molecule has 0 unspecified atom stereocenters. The van der Waals surface area contributed by atoms with Crippen LogP contribution >= 0.6 is 11.6 Å². The number of aromatic amines is 1. The number of carboxylic acid groups (broad SMARTS) is 1. The number of hydrogen-bond acceptors (Lipinski definition) is 6. The summed E-state index contributed by atoms with van der Waals surface area (Å²) in [5.41, 5.74) is 2.18. The van der Waals surface area contributed by atoms with Crippen molar-refractivity contribution in [2.45, 2.75) is 31.7 Å². The van der Waals surface area contributed by atoms with Gasteiger partial charge in [-0.25, -0.2) is 4.98 Å². The molecule has 3 heterocycles. The fourth-order valence-corrected chi connectivity index (χ4v) is 4.75. The lowest BCUT2D eigenvalue weighted by Gasteiger charge is -2.28. The zero-order valence-corrected chi connectivity index (χ0v) is 19.5. The number of aliphatic carboxylic acids is 1. The van der Waals surface area contributed by atoms with Gasteiger partial charge in [-0.1, -0.05) is 11.6 Å². The lowest BCUT2D eigenvalue weighted by atomic mass is 9.86. The predicted octanol–water partition coefficient (Wildman–Crippen LogP) is 5.69. The van der Waals surface area contributed by atoms with Gasteiger partial charge >= 0.3 is 5.97 Å². The maximum Gasteiger partial charge on any atom is 0.306 e.